The highest BCUT2D eigenvalue weighted by Crippen LogP contribution is 2.21. The predicted molar refractivity (Wildman–Crippen MR) is 106 cm³/mol. The van der Waals surface area contributed by atoms with E-state index in [9.17, 15) is 13.2 Å². The third kappa shape index (κ3) is 3.98. The largest absolute Gasteiger partial charge is 0.361 e. The smallest absolute Gasteiger partial charge is 0.259 e. The summed E-state index contributed by atoms with van der Waals surface area (Å²) in [5.41, 5.74) is 2.28. The van der Waals surface area contributed by atoms with Gasteiger partial charge in [0.2, 0.25) is 10.0 Å². The van der Waals surface area contributed by atoms with Crippen molar-refractivity contribution in [3.63, 3.8) is 0 Å². The minimum absolute atomic E-state index is 0.142. The third-order valence-corrected chi connectivity index (χ3v) is 7.02. The van der Waals surface area contributed by atoms with Gasteiger partial charge >= 0.3 is 0 Å². The number of aromatic nitrogens is 1. The number of nitrogens with zero attached hydrogens (tertiary/aromatic N) is 3. The fraction of sp³-hybridized carbons (Fsp3) is 0.500. The molecule has 1 aliphatic rings. The molecular weight excluding hydrogens is 378 g/mol. The van der Waals surface area contributed by atoms with Crippen LogP contribution in [-0.4, -0.2) is 54.9 Å². The summed E-state index contributed by atoms with van der Waals surface area (Å²) >= 11 is 0. The first-order valence-corrected chi connectivity index (χ1v) is 11.2. The zero-order valence-corrected chi connectivity index (χ0v) is 17.5. The zero-order chi connectivity index (χ0) is 20.3. The summed E-state index contributed by atoms with van der Waals surface area (Å²) < 4.78 is 32.4. The van der Waals surface area contributed by atoms with Gasteiger partial charge in [-0.05, 0) is 37.5 Å². The lowest BCUT2D eigenvalue weighted by atomic mass is 10.1. The molecule has 0 N–H and O–H groups in total. The molecule has 1 amide bonds. The lowest BCUT2D eigenvalue weighted by Crippen LogP contribution is -2.50. The molecule has 2 aromatic rings. The number of benzene rings is 1. The molecular formula is C20H27N3O4S. The average Bonchev–Trinajstić information content (AvgIpc) is 3.08. The number of carbonyl (C=O) groups excluding carboxylic acids is 1. The van der Waals surface area contributed by atoms with Crippen LogP contribution < -0.4 is 0 Å². The molecule has 1 aromatic heterocycles. The summed E-state index contributed by atoms with van der Waals surface area (Å²) in [6.45, 7) is 6.98. The van der Waals surface area contributed by atoms with E-state index < -0.39 is 10.0 Å². The van der Waals surface area contributed by atoms with Crippen molar-refractivity contribution in [3.8, 4) is 0 Å². The van der Waals surface area contributed by atoms with E-state index in [2.05, 4.69) is 12.1 Å². The number of aryl methyl sites for hydroxylation is 3. The van der Waals surface area contributed by atoms with Gasteiger partial charge in [-0.2, -0.15) is 4.31 Å². The monoisotopic (exact) mass is 405 g/mol. The Bertz CT molecular complexity index is 927. The van der Waals surface area contributed by atoms with E-state index in [4.69, 9.17) is 4.52 Å². The second kappa shape index (κ2) is 8.45. The molecule has 0 radical (unpaired) electrons. The van der Waals surface area contributed by atoms with Crippen molar-refractivity contribution < 1.29 is 17.7 Å². The Hall–Kier alpha value is -2.19. The Morgan fingerprint density at radius 1 is 1.11 bits per heavy atom. The van der Waals surface area contributed by atoms with Crippen LogP contribution in [0.3, 0.4) is 0 Å². The Labute approximate surface area is 166 Å². The van der Waals surface area contributed by atoms with Gasteiger partial charge in [0.15, 0.2) is 0 Å². The summed E-state index contributed by atoms with van der Waals surface area (Å²) in [6, 6.07) is 7.09. The van der Waals surface area contributed by atoms with Crippen LogP contribution in [0.1, 0.15) is 47.6 Å². The van der Waals surface area contributed by atoms with Gasteiger partial charge < -0.3 is 9.42 Å². The van der Waals surface area contributed by atoms with Gasteiger partial charge in [-0.1, -0.05) is 37.6 Å². The number of hydrogen-bond donors (Lipinski definition) is 0. The standard InChI is InChI=1S/C20H27N3O4S/c1-4-6-16-7-9-17(10-8-16)28(25,26)23-13-11-22(12-14-23)20(24)19-15(3)27-21-18(19)5-2/h7-10H,4-6,11-14H2,1-3H3. The minimum atomic E-state index is -3.55. The molecule has 1 saturated heterocycles. The van der Waals surface area contributed by atoms with Crippen molar-refractivity contribution in [2.75, 3.05) is 26.2 Å². The number of rotatable bonds is 6. The van der Waals surface area contributed by atoms with E-state index in [0.717, 1.165) is 18.4 Å². The van der Waals surface area contributed by atoms with E-state index >= 15 is 0 Å². The van der Waals surface area contributed by atoms with Crippen molar-refractivity contribution >= 4 is 15.9 Å². The summed E-state index contributed by atoms with van der Waals surface area (Å²) in [4.78, 5) is 14.8. The van der Waals surface area contributed by atoms with E-state index in [1.54, 1.807) is 24.0 Å². The zero-order valence-electron chi connectivity index (χ0n) is 16.6. The van der Waals surface area contributed by atoms with Gasteiger partial charge in [-0.3, -0.25) is 4.79 Å². The maximum atomic E-state index is 12.9. The van der Waals surface area contributed by atoms with Gasteiger partial charge in [0.25, 0.3) is 5.91 Å². The molecule has 1 aromatic carbocycles. The first-order valence-electron chi connectivity index (χ1n) is 9.72. The molecule has 0 aliphatic carbocycles. The third-order valence-electron chi connectivity index (χ3n) is 5.11. The lowest BCUT2D eigenvalue weighted by Gasteiger charge is -2.34. The summed E-state index contributed by atoms with van der Waals surface area (Å²) in [5, 5.41) is 3.94. The van der Waals surface area contributed by atoms with E-state index in [0.29, 0.717) is 41.4 Å². The van der Waals surface area contributed by atoms with Gasteiger partial charge in [-0.25, -0.2) is 8.42 Å². The van der Waals surface area contributed by atoms with Gasteiger partial charge in [0.1, 0.15) is 11.3 Å². The topological polar surface area (TPSA) is 83.7 Å². The highest BCUT2D eigenvalue weighted by Gasteiger charge is 2.32. The molecule has 3 rings (SSSR count). The summed E-state index contributed by atoms with van der Waals surface area (Å²) in [6.07, 6.45) is 2.57. The van der Waals surface area contributed by atoms with E-state index in [1.165, 1.54) is 4.31 Å². The van der Waals surface area contributed by atoms with Crippen molar-refractivity contribution in [1.29, 1.82) is 0 Å². The SMILES string of the molecule is CCCc1ccc(S(=O)(=O)N2CCN(C(=O)c3c(CC)noc3C)CC2)cc1. The van der Waals surface area contributed by atoms with E-state index in [-0.39, 0.29) is 19.0 Å². The Balaban J connectivity index is 1.69. The molecule has 8 heteroatoms. The molecule has 0 unspecified atom stereocenters. The molecule has 7 nitrogen and oxygen atoms in total. The summed E-state index contributed by atoms with van der Waals surface area (Å²) in [5.74, 6) is 0.362. The average molecular weight is 406 g/mol. The lowest BCUT2D eigenvalue weighted by molar-refractivity contribution is 0.0695. The Morgan fingerprint density at radius 2 is 1.75 bits per heavy atom. The fourth-order valence-corrected chi connectivity index (χ4v) is 4.91. The number of hydrogen-bond acceptors (Lipinski definition) is 5. The first-order chi connectivity index (χ1) is 13.4. The highest BCUT2D eigenvalue weighted by molar-refractivity contribution is 7.89. The minimum Gasteiger partial charge on any atom is -0.361 e. The Kier molecular flexibility index (Phi) is 6.20. The van der Waals surface area contributed by atoms with Crippen molar-refractivity contribution in [1.82, 2.24) is 14.4 Å². The molecule has 0 saturated carbocycles. The second-order valence-electron chi connectivity index (χ2n) is 7.00. The highest BCUT2D eigenvalue weighted by atomic mass is 32.2. The number of carbonyl (C=O) groups is 1. The van der Waals surface area contributed by atoms with Crippen LogP contribution in [0.25, 0.3) is 0 Å². The van der Waals surface area contributed by atoms with Crippen LogP contribution in [0.4, 0.5) is 0 Å². The molecule has 28 heavy (non-hydrogen) atoms. The van der Waals surface area contributed by atoms with Crippen LogP contribution in [-0.2, 0) is 22.9 Å². The van der Waals surface area contributed by atoms with E-state index in [1.807, 2.05) is 19.1 Å². The number of sulfonamides is 1. The second-order valence-corrected chi connectivity index (χ2v) is 8.94. The van der Waals surface area contributed by atoms with Crippen molar-refractivity contribution in [2.24, 2.45) is 0 Å². The predicted octanol–water partition coefficient (Wildman–Crippen LogP) is 2.64. The summed E-state index contributed by atoms with van der Waals surface area (Å²) in [7, 11) is -3.55. The first kappa shape index (κ1) is 20.5. The molecule has 0 bridgehead atoms. The van der Waals surface area contributed by atoms with Gasteiger partial charge in [0, 0.05) is 26.2 Å². The van der Waals surface area contributed by atoms with Crippen LogP contribution in [0, 0.1) is 6.92 Å². The molecule has 1 fully saturated rings. The molecule has 152 valence electrons. The van der Waals surface area contributed by atoms with Crippen LogP contribution in [0.2, 0.25) is 0 Å². The molecule has 1 aliphatic heterocycles. The van der Waals surface area contributed by atoms with Gasteiger partial charge in [-0.15, -0.1) is 0 Å². The van der Waals surface area contributed by atoms with Crippen LogP contribution >= 0.6 is 0 Å². The molecule has 0 spiro atoms. The normalized spacial score (nSPS) is 15.8. The maximum absolute atomic E-state index is 12.9. The quantitative estimate of drug-likeness (QED) is 0.738. The number of piperazine rings is 1. The number of amides is 1. The molecule has 0 atom stereocenters. The van der Waals surface area contributed by atoms with Crippen molar-refractivity contribution in [2.45, 2.75) is 44.9 Å². The Morgan fingerprint density at radius 3 is 2.32 bits per heavy atom. The van der Waals surface area contributed by atoms with Crippen molar-refractivity contribution in [3.05, 3.63) is 46.8 Å². The maximum Gasteiger partial charge on any atom is 0.259 e. The fourth-order valence-electron chi connectivity index (χ4n) is 3.49. The molecule has 2 heterocycles. The van der Waals surface area contributed by atoms with Crippen LogP contribution in [0.5, 0.6) is 0 Å². The van der Waals surface area contributed by atoms with Gasteiger partial charge in [0.05, 0.1) is 10.6 Å². The van der Waals surface area contributed by atoms with Crippen LogP contribution in [0.15, 0.2) is 33.7 Å².